The summed E-state index contributed by atoms with van der Waals surface area (Å²) < 4.78 is 0. The van der Waals surface area contributed by atoms with Gasteiger partial charge >= 0.3 is 0 Å². The third-order valence-electron chi connectivity index (χ3n) is 3.16. The van der Waals surface area contributed by atoms with Crippen molar-refractivity contribution in [3.05, 3.63) is 59.1 Å². The van der Waals surface area contributed by atoms with Crippen LogP contribution in [0.2, 0.25) is 5.02 Å². The zero-order valence-electron chi connectivity index (χ0n) is 11.0. The number of para-hydroxylation sites is 1. The Kier molecular flexibility index (Phi) is 3.20. The van der Waals surface area contributed by atoms with Crippen molar-refractivity contribution in [2.45, 2.75) is 6.92 Å². The lowest BCUT2D eigenvalue weighted by atomic mass is 10.1. The van der Waals surface area contributed by atoms with Crippen molar-refractivity contribution in [3.8, 4) is 0 Å². The van der Waals surface area contributed by atoms with Gasteiger partial charge in [0, 0.05) is 11.1 Å². The van der Waals surface area contributed by atoms with Crippen molar-refractivity contribution in [1.29, 1.82) is 0 Å². The summed E-state index contributed by atoms with van der Waals surface area (Å²) in [7, 11) is 0. The maximum Gasteiger partial charge on any atom is 0.134 e. The molecule has 100 valence electrons. The first kappa shape index (κ1) is 12.8. The van der Waals surface area contributed by atoms with E-state index in [0.29, 0.717) is 10.7 Å². The van der Waals surface area contributed by atoms with Gasteiger partial charge in [-0.15, -0.1) is 0 Å². The number of aryl methyl sites for hydroxylation is 1. The highest BCUT2D eigenvalue weighted by atomic mass is 35.5. The number of nitrogens with zero attached hydrogens (tertiary/aromatic N) is 1. The van der Waals surface area contributed by atoms with E-state index in [1.54, 1.807) is 18.2 Å². The van der Waals surface area contributed by atoms with E-state index in [-0.39, 0.29) is 0 Å². The molecular weight excluding hydrogens is 270 g/mol. The summed E-state index contributed by atoms with van der Waals surface area (Å²) in [6.45, 7) is 2.02. The van der Waals surface area contributed by atoms with E-state index in [1.807, 2.05) is 31.2 Å². The Hall–Kier alpha value is -2.26. The van der Waals surface area contributed by atoms with Crippen LogP contribution >= 0.6 is 11.6 Å². The van der Waals surface area contributed by atoms with E-state index in [9.17, 15) is 0 Å². The second kappa shape index (κ2) is 5.02. The first-order valence-electron chi connectivity index (χ1n) is 6.32. The molecule has 3 nitrogen and oxygen atoms in total. The van der Waals surface area contributed by atoms with Crippen LogP contribution in [0.1, 0.15) is 5.56 Å². The number of rotatable bonds is 2. The average Bonchev–Trinajstić information content (AvgIpc) is 2.43. The number of pyridine rings is 1. The molecule has 3 N–H and O–H groups in total. The SMILES string of the molecule is Cc1cc2ccccc2nc1Nc1cc(N)ccc1Cl. The molecule has 0 fully saturated rings. The summed E-state index contributed by atoms with van der Waals surface area (Å²) in [5.74, 6) is 0.788. The van der Waals surface area contributed by atoms with Crippen LogP contribution in [0.5, 0.6) is 0 Å². The van der Waals surface area contributed by atoms with Gasteiger partial charge in [0.15, 0.2) is 0 Å². The zero-order chi connectivity index (χ0) is 14.1. The fourth-order valence-corrected chi connectivity index (χ4v) is 2.28. The molecular formula is C16H14ClN3. The quantitative estimate of drug-likeness (QED) is 0.680. The minimum atomic E-state index is 0.619. The van der Waals surface area contributed by atoms with Crippen molar-refractivity contribution in [2.24, 2.45) is 0 Å². The molecule has 0 bridgehead atoms. The molecule has 1 aromatic heterocycles. The van der Waals surface area contributed by atoms with Crippen molar-refractivity contribution < 1.29 is 0 Å². The molecule has 0 aliphatic heterocycles. The Labute approximate surface area is 122 Å². The van der Waals surface area contributed by atoms with Crippen LogP contribution in [-0.2, 0) is 0 Å². The third kappa shape index (κ3) is 2.40. The minimum absolute atomic E-state index is 0.619. The van der Waals surface area contributed by atoms with Crippen molar-refractivity contribution in [2.75, 3.05) is 11.1 Å². The first-order chi connectivity index (χ1) is 9.63. The van der Waals surface area contributed by atoms with Gasteiger partial charge < -0.3 is 11.1 Å². The molecule has 1 heterocycles. The van der Waals surface area contributed by atoms with Crippen LogP contribution in [0.3, 0.4) is 0 Å². The van der Waals surface area contributed by atoms with Gasteiger partial charge in [0.05, 0.1) is 16.2 Å². The lowest BCUT2D eigenvalue weighted by Crippen LogP contribution is -1.98. The Morgan fingerprint density at radius 2 is 1.90 bits per heavy atom. The van der Waals surface area contributed by atoms with E-state index < -0.39 is 0 Å². The average molecular weight is 284 g/mol. The third-order valence-corrected chi connectivity index (χ3v) is 3.49. The second-order valence-electron chi connectivity index (χ2n) is 4.71. The zero-order valence-corrected chi connectivity index (χ0v) is 11.8. The standard InChI is InChI=1S/C16H14ClN3/c1-10-8-11-4-2-3-5-14(11)19-16(10)20-15-9-12(18)6-7-13(15)17/h2-9H,18H2,1H3,(H,19,20). The van der Waals surface area contributed by atoms with E-state index in [2.05, 4.69) is 16.4 Å². The number of nitrogen functional groups attached to an aromatic ring is 1. The Bertz CT molecular complexity index is 784. The van der Waals surface area contributed by atoms with Crippen LogP contribution in [0.15, 0.2) is 48.5 Å². The molecule has 0 amide bonds. The highest BCUT2D eigenvalue weighted by Gasteiger charge is 2.06. The topological polar surface area (TPSA) is 50.9 Å². The number of nitrogens with two attached hydrogens (primary N) is 1. The first-order valence-corrected chi connectivity index (χ1v) is 6.70. The number of benzene rings is 2. The molecule has 3 aromatic rings. The monoisotopic (exact) mass is 283 g/mol. The van der Waals surface area contributed by atoms with Crippen LogP contribution < -0.4 is 11.1 Å². The number of nitrogens with one attached hydrogen (secondary N) is 1. The fraction of sp³-hybridized carbons (Fsp3) is 0.0625. The number of halogens is 1. The molecule has 0 radical (unpaired) electrons. The molecule has 0 atom stereocenters. The summed E-state index contributed by atoms with van der Waals surface area (Å²) in [4.78, 5) is 4.63. The van der Waals surface area contributed by atoms with Crippen molar-refractivity contribution in [3.63, 3.8) is 0 Å². The van der Waals surface area contributed by atoms with Crippen LogP contribution in [-0.4, -0.2) is 4.98 Å². The van der Waals surface area contributed by atoms with Gasteiger partial charge in [0.25, 0.3) is 0 Å². The lowest BCUT2D eigenvalue weighted by Gasteiger charge is -2.12. The molecule has 0 unspecified atom stereocenters. The molecule has 0 aliphatic carbocycles. The summed E-state index contributed by atoms with van der Waals surface area (Å²) in [6.07, 6.45) is 0. The van der Waals surface area contributed by atoms with E-state index in [1.165, 1.54) is 0 Å². The van der Waals surface area contributed by atoms with Gasteiger partial charge in [-0.2, -0.15) is 0 Å². The van der Waals surface area contributed by atoms with Crippen LogP contribution in [0.4, 0.5) is 17.2 Å². The molecule has 0 saturated heterocycles. The van der Waals surface area contributed by atoms with Gasteiger partial charge in [-0.3, -0.25) is 0 Å². The second-order valence-corrected chi connectivity index (χ2v) is 5.12. The van der Waals surface area contributed by atoms with E-state index in [0.717, 1.165) is 28.0 Å². The maximum atomic E-state index is 6.17. The molecule has 0 aliphatic rings. The van der Waals surface area contributed by atoms with Gasteiger partial charge in [0.1, 0.15) is 5.82 Å². The highest BCUT2D eigenvalue weighted by Crippen LogP contribution is 2.29. The maximum absolute atomic E-state index is 6.17. The number of hydrogen-bond donors (Lipinski definition) is 2. The van der Waals surface area contributed by atoms with Gasteiger partial charge in [0.2, 0.25) is 0 Å². The van der Waals surface area contributed by atoms with E-state index >= 15 is 0 Å². The summed E-state index contributed by atoms with van der Waals surface area (Å²) >= 11 is 6.17. The number of anilines is 3. The largest absolute Gasteiger partial charge is 0.399 e. The van der Waals surface area contributed by atoms with E-state index in [4.69, 9.17) is 17.3 Å². The Morgan fingerprint density at radius 3 is 2.75 bits per heavy atom. The molecule has 20 heavy (non-hydrogen) atoms. The molecule has 4 heteroatoms. The normalized spacial score (nSPS) is 10.7. The fourth-order valence-electron chi connectivity index (χ4n) is 2.11. The Balaban J connectivity index is 2.06. The molecule has 0 saturated carbocycles. The molecule has 3 rings (SSSR count). The van der Waals surface area contributed by atoms with Gasteiger partial charge in [-0.1, -0.05) is 29.8 Å². The molecule has 0 spiro atoms. The number of aromatic nitrogens is 1. The summed E-state index contributed by atoms with van der Waals surface area (Å²) in [5, 5.41) is 4.99. The Morgan fingerprint density at radius 1 is 1.10 bits per heavy atom. The number of fused-ring (bicyclic) bond motifs is 1. The predicted molar refractivity (Wildman–Crippen MR) is 85.6 cm³/mol. The predicted octanol–water partition coefficient (Wildman–Crippen LogP) is 4.52. The van der Waals surface area contributed by atoms with Gasteiger partial charge in [-0.25, -0.2) is 4.98 Å². The van der Waals surface area contributed by atoms with Gasteiger partial charge in [-0.05, 0) is 42.8 Å². The lowest BCUT2D eigenvalue weighted by molar-refractivity contribution is 1.31. The highest BCUT2D eigenvalue weighted by molar-refractivity contribution is 6.33. The van der Waals surface area contributed by atoms with Crippen LogP contribution in [0, 0.1) is 6.92 Å². The van der Waals surface area contributed by atoms with Crippen molar-refractivity contribution >= 4 is 39.7 Å². The minimum Gasteiger partial charge on any atom is -0.399 e. The summed E-state index contributed by atoms with van der Waals surface area (Å²) in [6, 6.07) is 15.5. The van der Waals surface area contributed by atoms with Crippen LogP contribution in [0.25, 0.3) is 10.9 Å². The summed E-state index contributed by atoms with van der Waals surface area (Å²) in [5.41, 5.74) is 9.22. The van der Waals surface area contributed by atoms with Crippen molar-refractivity contribution in [1.82, 2.24) is 4.98 Å². The molecule has 2 aromatic carbocycles. The number of hydrogen-bond acceptors (Lipinski definition) is 3. The smallest absolute Gasteiger partial charge is 0.134 e.